The van der Waals surface area contributed by atoms with Crippen LogP contribution in [0.25, 0.3) is 0 Å². The summed E-state index contributed by atoms with van der Waals surface area (Å²) in [6.45, 7) is 3.21. The van der Waals surface area contributed by atoms with Crippen molar-refractivity contribution in [1.29, 1.82) is 0 Å². The molecule has 5 nitrogen and oxygen atoms in total. The van der Waals surface area contributed by atoms with Gasteiger partial charge in [-0.2, -0.15) is 13.2 Å². The first-order valence-corrected chi connectivity index (χ1v) is 7.86. The Hall–Kier alpha value is -1.02. The zero-order valence-corrected chi connectivity index (χ0v) is 12.9. The number of nitrogens with one attached hydrogen (secondary N) is 1. The van der Waals surface area contributed by atoms with Crippen molar-refractivity contribution in [2.45, 2.75) is 44.0 Å². The Morgan fingerprint density at radius 1 is 1.27 bits per heavy atom. The SMILES string of the molecule is CN=C(NCC(O)C(F)(F)F)N1CCC(N2CCCCC2)C1. The number of guanidine groups is 1. The highest BCUT2D eigenvalue weighted by atomic mass is 19.4. The average Bonchev–Trinajstić information content (AvgIpc) is 2.97. The maximum Gasteiger partial charge on any atom is 0.416 e. The lowest BCUT2D eigenvalue weighted by molar-refractivity contribution is -0.201. The molecule has 0 aromatic heterocycles. The molecule has 2 atom stereocenters. The van der Waals surface area contributed by atoms with Gasteiger partial charge in [0, 0.05) is 26.2 Å². The van der Waals surface area contributed by atoms with Crippen LogP contribution in [-0.4, -0.2) is 79.0 Å². The number of alkyl halides is 3. The van der Waals surface area contributed by atoms with Crippen molar-refractivity contribution in [2.24, 2.45) is 4.99 Å². The van der Waals surface area contributed by atoms with Crippen molar-refractivity contribution in [3.8, 4) is 0 Å². The van der Waals surface area contributed by atoms with Gasteiger partial charge in [-0.3, -0.25) is 9.89 Å². The second kappa shape index (κ2) is 7.50. The third-order valence-corrected chi connectivity index (χ3v) is 4.41. The molecule has 0 aromatic rings. The maximum atomic E-state index is 12.3. The van der Waals surface area contributed by atoms with Crippen molar-refractivity contribution >= 4 is 5.96 Å². The van der Waals surface area contributed by atoms with Crippen LogP contribution in [0.15, 0.2) is 4.99 Å². The van der Waals surface area contributed by atoms with E-state index < -0.39 is 18.8 Å². The normalized spacial score (nSPS) is 26.3. The van der Waals surface area contributed by atoms with Gasteiger partial charge >= 0.3 is 6.18 Å². The van der Waals surface area contributed by atoms with Gasteiger partial charge in [-0.05, 0) is 32.4 Å². The fraction of sp³-hybridized carbons (Fsp3) is 0.929. The van der Waals surface area contributed by atoms with E-state index >= 15 is 0 Å². The van der Waals surface area contributed by atoms with E-state index in [1.165, 1.54) is 19.3 Å². The quantitative estimate of drug-likeness (QED) is 0.602. The minimum atomic E-state index is -4.60. The monoisotopic (exact) mass is 322 g/mol. The van der Waals surface area contributed by atoms with Gasteiger partial charge in [0.15, 0.2) is 12.1 Å². The number of likely N-dealkylation sites (tertiary alicyclic amines) is 2. The van der Waals surface area contributed by atoms with Gasteiger partial charge in [0.05, 0.1) is 6.54 Å². The fourth-order valence-corrected chi connectivity index (χ4v) is 3.15. The number of rotatable bonds is 3. The van der Waals surface area contributed by atoms with Crippen LogP contribution in [0.1, 0.15) is 25.7 Å². The van der Waals surface area contributed by atoms with Crippen molar-refractivity contribution < 1.29 is 18.3 Å². The molecule has 0 amide bonds. The molecule has 2 aliphatic rings. The van der Waals surface area contributed by atoms with Gasteiger partial charge in [-0.1, -0.05) is 6.42 Å². The second-order valence-electron chi connectivity index (χ2n) is 5.97. The van der Waals surface area contributed by atoms with Gasteiger partial charge in [-0.15, -0.1) is 0 Å². The van der Waals surface area contributed by atoms with Gasteiger partial charge in [0.1, 0.15) is 0 Å². The van der Waals surface area contributed by atoms with Gasteiger partial charge in [0.2, 0.25) is 0 Å². The van der Waals surface area contributed by atoms with Crippen LogP contribution >= 0.6 is 0 Å². The van der Waals surface area contributed by atoms with Crippen molar-refractivity contribution in [2.75, 3.05) is 39.8 Å². The van der Waals surface area contributed by atoms with Crippen LogP contribution in [0.3, 0.4) is 0 Å². The van der Waals surface area contributed by atoms with E-state index in [1.807, 2.05) is 4.90 Å². The zero-order chi connectivity index (χ0) is 16.2. The topological polar surface area (TPSA) is 51.1 Å². The fourth-order valence-electron chi connectivity index (χ4n) is 3.15. The molecule has 22 heavy (non-hydrogen) atoms. The first-order valence-electron chi connectivity index (χ1n) is 7.86. The molecule has 2 fully saturated rings. The molecule has 2 saturated heterocycles. The molecule has 2 aliphatic heterocycles. The molecule has 0 saturated carbocycles. The number of aliphatic hydroxyl groups is 1. The Labute approximate surface area is 129 Å². The maximum absolute atomic E-state index is 12.3. The highest BCUT2D eigenvalue weighted by molar-refractivity contribution is 5.80. The molecule has 0 radical (unpaired) electrons. The minimum Gasteiger partial charge on any atom is -0.382 e. The van der Waals surface area contributed by atoms with Crippen LogP contribution in [0, 0.1) is 0 Å². The summed E-state index contributed by atoms with van der Waals surface area (Å²) in [5.41, 5.74) is 0. The second-order valence-corrected chi connectivity index (χ2v) is 5.97. The largest absolute Gasteiger partial charge is 0.416 e. The van der Waals surface area contributed by atoms with E-state index in [1.54, 1.807) is 7.05 Å². The van der Waals surface area contributed by atoms with Crippen molar-refractivity contribution in [3.63, 3.8) is 0 Å². The summed E-state index contributed by atoms with van der Waals surface area (Å²) in [7, 11) is 1.55. The zero-order valence-electron chi connectivity index (χ0n) is 12.9. The van der Waals surface area contributed by atoms with Gasteiger partial charge < -0.3 is 15.3 Å². The number of aliphatic hydroxyl groups excluding tert-OH is 1. The highest BCUT2D eigenvalue weighted by Crippen LogP contribution is 2.21. The number of piperidine rings is 1. The molecule has 0 spiro atoms. The summed E-state index contributed by atoms with van der Waals surface area (Å²) >= 11 is 0. The smallest absolute Gasteiger partial charge is 0.382 e. The molecule has 8 heteroatoms. The molecule has 2 N–H and O–H groups in total. The standard InChI is InChI=1S/C14H25F3N4O/c1-18-13(19-9-12(22)14(15,16)17)21-8-5-11(10-21)20-6-3-2-4-7-20/h11-12,22H,2-10H2,1H3,(H,18,19). The van der Waals surface area contributed by atoms with Crippen molar-refractivity contribution in [1.82, 2.24) is 15.1 Å². The van der Waals surface area contributed by atoms with Gasteiger partial charge in [0.25, 0.3) is 0 Å². The Morgan fingerprint density at radius 3 is 2.55 bits per heavy atom. The molecular weight excluding hydrogens is 297 g/mol. The molecule has 128 valence electrons. The Balaban J connectivity index is 1.82. The Bertz CT molecular complexity index is 383. The van der Waals surface area contributed by atoms with E-state index in [2.05, 4.69) is 15.2 Å². The molecule has 2 heterocycles. The summed E-state index contributed by atoms with van der Waals surface area (Å²) in [4.78, 5) is 8.49. The van der Waals surface area contributed by atoms with Crippen LogP contribution in [0.4, 0.5) is 13.2 Å². The third kappa shape index (κ3) is 4.49. The van der Waals surface area contributed by atoms with E-state index in [0.29, 0.717) is 12.0 Å². The molecular formula is C14H25F3N4O. The minimum absolute atomic E-state index is 0.433. The van der Waals surface area contributed by atoms with E-state index in [4.69, 9.17) is 5.11 Å². The molecule has 0 bridgehead atoms. The molecule has 2 unspecified atom stereocenters. The van der Waals surface area contributed by atoms with E-state index in [-0.39, 0.29) is 0 Å². The number of hydrogen-bond acceptors (Lipinski definition) is 3. The Kier molecular flexibility index (Phi) is 5.91. The predicted octanol–water partition coefficient (Wildman–Crippen LogP) is 1.05. The van der Waals surface area contributed by atoms with E-state index in [0.717, 1.165) is 32.6 Å². The van der Waals surface area contributed by atoms with Crippen LogP contribution in [0.5, 0.6) is 0 Å². The number of nitrogens with zero attached hydrogens (tertiary/aromatic N) is 3. The van der Waals surface area contributed by atoms with Crippen LogP contribution in [0.2, 0.25) is 0 Å². The summed E-state index contributed by atoms with van der Waals surface area (Å²) in [5.74, 6) is 0.433. The van der Waals surface area contributed by atoms with Gasteiger partial charge in [-0.25, -0.2) is 0 Å². The lowest BCUT2D eigenvalue weighted by atomic mass is 10.1. The summed E-state index contributed by atoms with van der Waals surface area (Å²) < 4.78 is 37.0. The van der Waals surface area contributed by atoms with Crippen molar-refractivity contribution in [3.05, 3.63) is 0 Å². The summed E-state index contributed by atoms with van der Waals surface area (Å²) in [5, 5.41) is 11.7. The molecule has 2 rings (SSSR count). The molecule has 0 aliphatic carbocycles. The first kappa shape index (κ1) is 17.3. The lowest BCUT2D eigenvalue weighted by Gasteiger charge is -2.32. The van der Waals surface area contributed by atoms with Crippen LogP contribution in [-0.2, 0) is 0 Å². The number of halogens is 3. The van der Waals surface area contributed by atoms with Crippen LogP contribution < -0.4 is 5.32 Å². The highest BCUT2D eigenvalue weighted by Gasteiger charge is 2.38. The summed E-state index contributed by atoms with van der Waals surface area (Å²) in [6, 6.07) is 0.450. The predicted molar refractivity (Wildman–Crippen MR) is 78.8 cm³/mol. The third-order valence-electron chi connectivity index (χ3n) is 4.41. The lowest BCUT2D eigenvalue weighted by Crippen LogP contribution is -2.48. The van der Waals surface area contributed by atoms with E-state index in [9.17, 15) is 13.2 Å². The first-order chi connectivity index (χ1) is 10.4. The molecule has 0 aromatic carbocycles. The number of hydrogen-bond donors (Lipinski definition) is 2. The summed E-state index contributed by atoms with van der Waals surface area (Å²) in [6.07, 6.45) is -2.24. The Morgan fingerprint density at radius 2 is 1.95 bits per heavy atom. The average molecular weight is 322 g/mol. The number of aliphatic imine (C=N–C) groups is 1.